The lowest BCUT2D eigenvalue weighted by molar-refractivity contribution is 0.949. The monoisotopic (exact) mass is 308 g/mol. The summed E-state index contributed by atoms with van der Waals surface area (Å²) in [6.45, 7) is 2.10. The van der Waals surface area contributed by atoms with Crippen LogP contribution in [0.1, 0.15) is 12.5 Å². The molecule has 0 spiro atoms. The summed E-state index contributed by atoms with van der Waals surface area (Å²) < 4.78 is 2.20. The van der Waals surface area contributed by atoms with Crippen LogP contribution in [0.3, 0.4) is 0 Å². The minimum Gasteiger partial charge on any atom is -0.176 e. The number of hydrogen-bond acceptors (Lipinski definition) is 1. The molecule has 3 heteroatoms. The molecule has 0 heterocycles. The molecule has 0 aliphatic carbocycles. The number of benzene rings is 1. The van der Waals surface area contributed by atoms with Gasteiger partial charge in [-0.15, -0.1) is 0 Å². The third-order valence-electron chi connectivity index (χ3n) is 1.52. The molecule has 0 aliphatic heterocycles. The van der Waals surface area contributed by atoms with Crippen molar-refractivity contribution in [3.8, 4) is 0 Å². The van der Waals surface area contributed by atoms with Crippen LogP contribution < -0.4 is 0 Å². The van der Waals surface area contributed by atoms with Gasteiger partial charge in [0.2, 0.25) is 0 Å². The summed E-state index contributed by atoms with van der Waals surface area (Å²) in [5.74, 6) is 0. The van der Waals surface area contributed by atoms with Gasteiger partial charge in [0.25, 0.3) is 0 Å². The van der Waals surface area contributed by atoms with Gasteiger partial charge in [0.05, 0.1) is 0 Å². The van der Waals surface area contributed by atoms with Crippen molar-refractivity contribution < 1.29 is 0 Å². The van der Waals surface area contributed by atoms with Crippen molar-refractivity contribution in [2.45, 2.75) is 18.6 Å². The molecule has 0 aromatic heterocycles. The Kier molecular flexibility index (Phi) is 4.14. The van der Waals surface area contributed by atoms with Gasteiger partial charge in [-0.1, -0.05) is 13.0 Å². The summed E-state index contributed by atoms with van der Waals surface area (Å²) in [5, 5.41) is 0.415. The average Bonchev–Trinajstić information content (AvgIpc) is 1.96. The van der Waals surface area contributed by atoms with Crippen molar-refractivity contribution in [2.24, 2.45) is 0 Å². The van der Waals surface area contributed by atoms with Gasteiger partial charge in [-0.25, -0.2) is 0 Å². The van der Waals surface area contributed by atoms with Gasteiger partial charge in [-0.3, -0.25) is 0 Å². The van der Waals surface area contributed by atoms with E-state index in [1.807, 2.05) is 0 Å². The zero-order valence-electron chi connectivity index (χ0n) is 6.72. The Labute approximate surface area is 95.4 Å². The first-order valence-electron chi connectivity index (χ1n) is 3.71. The van der Waals surface area contributed by atoms with Crippen LogP contribution in [-0.2, 0) is 6.42 Å². The maximum atomic E-state index is 4.34. The number of rotatable bonds is 2. The van der Waals surface area contributed by atoms with E-state index in [1.54, 1.807) is 0 Å². The van der Waals surface area contributed by atoms with Crippen LogP contribution in [0.4, 0.5) is 0 Å². The highest BCUT2D eigenvalue weighted by Crippen LogP contribution is 2.24. The second-order valence-electron chi connectivity index (χ2n) is 2.80. The van der Waals surface area contributed by atoms with Crippen molar-refractivity contribution in [2.75, 3.05) is 0 Å². The van der Waals surface area contributed by atoms with Crippen LogP contribution in [0.15, 0.2) is 27.1 Å². The van der Waals surface area contributed by atoms with Crippen LogP contribution in [-0.4, -0.2) is 5.25 Å². The van der Waals surface area contributed by atoms with Crippen LogP contribution in [0.2, 0.25) is 0 Å². The summed E-state index contributed by atoms with van der Waals surface area (Å²) in [6, 6.07) is 6.29. The van der Waals surface area contributed by atoms with Crippen molar-refractivity contribution in [3.05, 3.63) is 32.7 Å². The van der Waals surface area contributed by atoms with Crippen molar-refractivity contribution >= 4 is 44.5 Å². The largest absolute Gasteiger partial charge is 0.176 e. The van der Waals surface area contributed by atoms with Gasteiger partial charge >= 0.3 is 0 Å². The molecule has 0 amide bonds. The molecule has 0 N–H and O–H groups in total. The maximum Gasteiger partial charge on any atom is 0.0320 e. The van der Waals surface area contributed by atoms with Crippen LogP contribution >= 0.6 is 44.5 Å². The normalized spacial score (nSPS) is 13.0. The van der Waals surface area contributed by atoms with E-state index >= 15 is 0 Å². The van der Waals surface area contributed by atoms with Crippen LogP contribution in [0.25, 0.3) is 0 Å². The molecule has 1 unspecified atom stereocenters. The standard InChI is InChI=1S/C9H10Br2S/c1-6(12)4-7-2-3-8(10)9(11)5-7/h2-3,5-6,12H,4H2,1H3. The Morgan fingerprint density at radius 1 is 1.33 bits per heavy atom. The van der Waals surface area contributed by atoms with E-state index in [1.165, 1.54) is 5.56 Å². The second kappa shape index (κ2) is 4.68. The Morgan fingerprint density at radius 2 is 2.00 bits per heavy atom. The highest BCUT2D eigenvalue weighted by atomic mass is 79.9. The molecule has 1 atom stereocenters. The predicted octanol–water partition coefficient (Wildman–Crippen LogP) is 4.07. The molecule has 0 radical (unpaired) electrons. The maximum absolute atomic E-state index is 4.34. The van der Waals surface area contributed by atoms with E-state index < -0.39 is 0 Å². The SMILES string of the molecule is CC(S)Cc1ccc(Br)c(Br)c1. The molecule has 0 fully saturated rings. The fourth-order valence-electron chi connectivity index (χ4n) is 1.01. The molecule has 0 saturated carbocycles. The molecule has 0 bridgehead atoms. The second-order valence-corrected chi connectivity index (χ2v) is 5.39. The molecule has 0 saturated heterocycles. The van der Waals surface area contributed by atoms with E-state index in [0.717, 1.165) is 15.4 Å². The van der Waals surface area contributed by atoms with Crippen LogP contribution in [0.5, 0.6) is 0 Å². The topological polar surface area (TPSA) is 0 Å². The minimum absolute atomic E-state index is 0.415. The lowest BCUT2D eigenvalue weighted by atomic mass is 10.1. The molecule has 1 aromatic carbocycles. The third-order valence-corrected chi connectivity index (χ3v) is 3.58. The zero-order valence-corrected chi connectivity index (χ0v) is 10.8. The first-order valence-corrected chi connectivity index (χ1v) is 5.82. The average molecular weight is 310 g/mol. The van der Waals surface area contributed by atoms with Gasteiger partial charge in [0.1, 0.15) is 0 Å². The highest BCUT2D eigenvalue weighted by molar-refractivity contribution is 9.13. The molecule has 0 aliphatic rings. The first kappa shape index (κ1) is 10.6. The van der Waals surface area contributed by atoms with E-state index in [0.29, 0.717) is 5.25 Å². The van der Waals surface area contributed by atoms with Gasteiger partial charge < -0.3 is 0 Å². The summed E-state index contributed by atoms with van der Waals surface area (Å²) in [5.41, 5.74) is 1.31. The summed E-state index contributed by atoms with van der Waals surface area (Å²) >= 11 is 11.2. The third kappa shape index (κ3) is 3.11. The Hall–Kier alpha value is 0.530. The fourth-order valence-corrected chi connectivity index (χ4v) is 1.89. The molecule has 12 heavy (non-hydrogen) atoms. The Morgan fingerprint density at radius 3 is 2.50 bits per heavy atom. The van der Waals surface area contributed by atoms with Crippen molar-refractivity contribution in [1.82, 2.24) is 0 Å². The minimum atomic E-state index is 0.415. The van der Waals surface area contributed by atoms with E-state index in [2.05, 4.69) is 69.6 Å². The van der Waals surface area contributed by atoms with Crippen LogP contribution in [0, 0.1) is 0 Å². The Balaban J connectivity index is 2.82. The number of thiol groups is 1. The van der Waals surface area contributed by atoms with Gasteiger partial charge in [0, 0.05) is 14.2 Å². The smallest absolute Gasteiger partial charge is 0.0320 e. The molecule has 1 rings (SSSR count). The lowest BCUT2D eigenvalue weighted by Gasteiger charge is -2.05. The van der Waals surface area contributed by atoms with Gasteiger partial charge in [-0.05, 0) is 56.0 Å². The van der Waals surface area contributed by atoms with Gasteiger partial charge in [0.15, 0.2) is 0 Å². The van der Waals surface area contributed by atoms with Crippen molar-refractivity contribution in [3.63, 3.8) is 0 Å². The number of hydrogen-bond donors (Lipinski definition) is 1. The molecule has 66 valence electrons. The number of halogens is 2. The molecule has 1 aromatic rings. The Bertz CT molecular complexity index is 271. The summed E-state index contributed by atoms with van der Waals surface area (Å²) in [4.78, 5) is 0. The zero-order chi connectivity index (χ0) is 9.14. The highest BCUT2D eigenvalue weighted by Gasteiger charge is 2.00. The van der Waals surface area contributed by atoms with Gasteiger partial charge in [-0.2, -0.15) is 12.6 Å². The van der Waals surface area contributed by atoms with Crippen molar-refractivity contribution in [1.29, 1.82) is 0 Å². The molecular formula is C9H10Br2S. The van der Waals surface area contributed by atoms with E-state index in [9.17, 15) is 0 Å². The summed E-state index contributed by atoms with van der Waals surface area (Å²) in [7, 11) is 0. The lowest BCUT2D eigenvalue weighted by Crippen LogP contribution is -1.96. The molecular weight excluding hydrogens is 300 g/mol. The summed E-state index contributed by atoms with van der Waals surface area (Å²) in [6.07, 6.45) is 1.01. The van der Waals surface area contributed by atoms with E-state index in [4.69, 9.17) is 0 Å². The molecule has 0 nitrogen and oxygen atoms in total. The quantitative estimate of drug-likeness (QED) is 0.782. The van der Waals surface area contributed by atoms with E-state index in [-0.39, 0.29) is 0 Å². The fraction of sp³-hybridized carbons (Fsp3) is 0.333. The first-order chi connectivity index (χ1) is 5.59. The predicted molar refractivity (Wildman–Crippen MR) is 64.0 cm³/mol.